The zero-order valence-electron chi connectivity index (χ0n) is 10.4. The van der Waals surface area contributed by atoms with E-state index in [4.69, 9.17) is 9.47 Å². The maximum Gasteiger partial charge on any atom is 0.312 e. The first-order chi connectivity index (χ1) is 8.16. The minimum Gasteiger partial charge on any atom is -0.459 e. The Morgan fingerprint density at radius 2 is 2.06 bits per heavy atom. The molecular formula is C14H20O3. The van der Waals surface area contributed by atoms with Gasteiger partial charge in [-0.05, 0) is 31.1 Å². The van der Waals surface area contributed by atoms with Crippen LogP contribution in [0.2, 0.25) is 0 Å². The molecule has 0 aromatic rings. The Labute approximate surface area is 102 Å². The van der Waals surface area contributed by atoms with Crippen LogP contribution in [0.25, 0.3) is 0 Å². The average Bonchev–Trinajstić information content (AvgIpc) is 2.47. The van der Waals surface area contributed by atoms with Gasteiger partial charge < -0.3 is 9.47 Å². The molecule has 0 spiro atoms. The van der Waals surface area contributed by atoms with Crippen molar-refractivity contribution in [2.24, 2.45) is 23.7 Å². The molecule has 1 saturated carbocycles. The molecule has 5 atom stereocenters. The quantitative estimate of drug-likeness (QED) is 0.607. The molecule has 0 amide bonds. The first-order valence-electron chi connectivity index (χ1n) is 6.71. The van der Waals surface area contributed by atoms with E-state index in [1.54, 1.807) is 0 Å². The van der Waals surface area contributed by atoms with Gasteiger partial charge in [-0.25, -0.2) is 0 Å². The Bertz CT molecular complexity index is 349. The van der Waals surface area contributed by atoms with E-state index in [0.29, 0.717) is 17.8 Å². The highest BCUT2D eigenvalue weighted by molar-refractivity contribution is 5.73. The molecule has 0 N–H and O–H groups in total. The third kappa shape index (κ3) is 1.76. The van der Waals surface area contributed by atoms with Gasteiger partial charge in [-0.3, -0.25) is 4.79 Å². The molecule has 3 nitrogen and oxygen atoms in total. The van der Waals surface area contributed by atoms with Crippen molar-refractivity contribution >= 4 is 5.97 Å². The highest BCUT2D eigenvalue weighted by Gasteiger charge is 2.50. The molecule has 4 unspecified atom stereocenters. The third-order valence-corrected chi connectivity index (χ3v) is 4.79. The monoisotopic (exact) mass is 236 g/mol. The number of rotatable bonds is 0. The van der Waals surface area contributed by atoms with Crippen LogP contribution in [0.4, 0.5) is 0 Å². The Balaban J connectivity index is 1.92. The van der Waals surface area contributed by atoms with Crippen molar-refractivity contribution in [2.75, 3.05) is 0 Å². The topological polar surface area (TPSA) is 35.5 Å². The molecule has 0 aromatic carbocycles. The van der Waals surface area contributed by atoms with Gasteiger partial charge in [0.2, 0.25) is 6.29 Å². The van der Waals surface area contributed by atoms with E-state index >= 15 is 0 Å². The number of hydrogen-bond donors (Lipinski definition) is 0. The number of carbonyl (C=O) groups is 1. The lowest BCUT2D eigenvalue weighted by atomic mass is 9.65. The van der Waals surface area contributed by atoms with E-state index in [1.807, 2.05) is 6.92 Å². The summed E-state index contributed by atoms with van der Waals surface area (Å²) in [4.78, 5) is 11.8. The van der Waals surface area contributed by atoms with Gasteiger partial charge in [0, 0.05) is 12.3 Å². The second-order valence-corrected chi connectivity index (χ2v) is 5.72. The summed E-state index contributed by atoms with van der Waals surface area (Å²) in [7, 11) is 0. The van der Waals surface area contributed by atoms with E-state index in [9.17, 15) is 4.79 Å². The van der Waals surface area contributed by atoms with Crippen LogP contribution in [0.3, 0.4) is 0 Å². The summed E-state index contributed by atoms with van der Waals surface area (Å²) < 4.78 is 11.2. The molecule has 0 bridgehead atoms. The van der Waals surface area contributed by atoms with Gasteiger partial charge >= 0.3 is 5.97 Å². The number of carbonyl (C=O) groups excluding carboxylic acids is 1. The Morgan fingerprint density at radius 1 is 1.24 bits per heavy atom. The number of ether oxygens (including phenoxy) is 2. The van der Waals surface area contributed by atoms with Gasteiger partial charge in [0.15, 0.2) is 0 Å². The van der Waals surface area contributed by atoms with Gasteiger partial charge in [-0.15, -0.1) is 0 Å². The summed E-state index contributed by atoms with van der Waals surface area (Å²) in [6.45, 7) is 5.92. The number of hydrogen-bond acceptors (Lipinski definition) is 3. The maximum absolute atomic E-state index is 11.8. The van der Waals surface area contributed by atoms with Crippen molar-refractivity contribution < 1.29 is 14.3 Å². The fourth-order valence-electron chi connectivity index (χ4n) is 3.84. The Hall–Kier alpha value is -0.990. The lowest BCUT2D eigenvalue weighted by Crippen LogP contribution is -2.49. The normalized spacial score (nSPS) is 45.4. The van der Waals surface area contributed by atoms with Crippen molar-refractivity contribution in [2.45, 2.75) is 45.3 Å². The predicted octanol–water partition coefficient (Wildman–Crippen LogP) is 2.86. The van der Waals surface area contributed by atoms with E-state index in [1.165, 1.54) is 12.8 Å². The summed E-state index contributed by atoms with van der Waals surface area (Å²) in [6, 6.07) is 0. The fraction of sp³-hybridized carbons (Fsp3) is 0.786. The minimum atomic E-state index is -0.357. The molecule has 1 aliphatic carbocycles. The predicted molar refractivity (Wildman–Crippen MR) is 62.8 cm³/mol. The van der Waals surface area contributed by atoms with Crippen LogP contribution in [-0.2, 0) is 14.3 Å². The summed E-state index contributed by atoms with van der Waals surface area (Å²) in [5.74, 6) is 2.22. The van der Waals surface area contributed by atoms with Gasteiger partial charge in [-0.1, -0.05) is 19.9 Å². The van der Waals surface area contributed by atoms with Crippen LogP contribution in [0.15, 0.2) is 12.3 Å². The number of esters is 1. The van der Waals surface area contributed by atoms with Gasteiger partial charge in [0.25, 0.3) is 0 Å². The number of allylic oxidation sites excluding steroid dienone is 1. The smallest absolute Gasteiger partial charge is 0.312 e. The Morgan fingerprint density at radius 3 is 2.88 bits per heavy atom. The van der Waals surface area contributed by atoms with Crippen LogP contribution < -0.4 is 0 Å². The fourth-order valence-corrected chi connectivity index (χ4v) is 3.84. The lowest BCUT2D eigenvalue weighted by molar-refractivity contribution is -0.219. The molecule has 3 aliphatic rings. The van der Waals surface area contributed by atoms with E-state index in [2.05, 4.69) is 6.58 Å². The Kier molecular flexibility index (Phi) is 2.64. The molecule has 2 heterocycles. The van der Waals surface area contributed by atoms with Crippen LogP contribution >= 0.6 is 0 Å². The molecule has 94 valence electrons. The van der Waals surface area contributed by atoms with Crippen LogP contribution in [0.5, 0.6) is 0 Å². The molecule has 3 rings (SSSR count). The zero-order chi connectivity index (χ0) is 12.0. The van der Waals surface area contributed by atoms with Crippen molar-refractivity contribution in [1.29, 1.82) is 0 Å². The average molecular weight is 236 g/mol. The van der Waals surface area contributed by atoms with E-state index < -0.39 is 0 Å². The highest BCUT2D eigenvalue weighted by Crippen LogP contribution is 2.49. The lowest BCUT2D eigenvalue weighted by Gasteiger charge is -2.45. The summed E-state index contributed by atoms with van der Waals surface area (Å²) in [5.41, 5.74) is 0. The largest absolute Gasteiger partial charge is 0.459 e. The molecule has 3 fully saturated rings. The van der Waals surface area contributed by atoms with E-state index in [0.717, 1.165) is 25.0 Å². The van der Waals surface area contributed by atoms with Crippen molar-refractivity contribution in [3.8, 4) is 0 Å². The SMILES string of the molecule is C=C1CCC2CCCC3C(C)C(=O)O[C@H](O1)C23. The summed E-state index contributed by atoms with van der Waals surface area (Å²) in [5, 5.41) is 0. The summed E-state index contributed by atoms with van der Waals surface area (Å²) >= 11 is 0. The maximum atomic E-state index is 11.8. The molecule has 3 heteroatoms. The molecule has 0 aromatic heterocycles. The van der Waals surface area contributed by atoms with Crippen molar-refractivity contribution in [3.05, 3.63) is 12.3 Å². The first kappa shape index (κ1) is 11.1. The molecule has 0 radical (unpaired) electrons. The zero-order valence-corrected chi connectivity index (χ0v) is 10.4. The second kappa shape index (κ2) is 4.04. The van der Waals surface area contributed by atoms with Gasteiger partial charge in [0.1, 0.15) is 0 Å². The van der Waals surface area contributed by atoms with Gasteiger partial charge in [-0.2, -0.15) is 0 Å². The third-order valence-electron chi connectivity index (χ3n) is 4.79. The van der Waals surface area contributed by atoms with E-state index in [-0.39, 0.29) is 18.2 Å². The van der Waals surface area contributed by atoms with Crippen LogP contribution in [0, 0.1) is 23.7 Å². The molecule has 17 heavy (non-hydrogen) atoms. The standard InChI is InChI=1S/C14H20O3/c1-8-6-7-10-4-3-5-11-9(2)13(15)17-14(16-8)12(10)11/h9-12,14H,1,3-7H2,2H3/t9?,10?,11?,12?,14-/m0/s1. The second-order valence-electron chi connectivity index (χ2n) is 5.72. The van der Waals surface area contributed by atoms with Crippen molar-refractivity contribution in [3.63, 3.8) is 0 Å². The van der Waals surface area contributed by atoms with Gasteiger partial charge in [0.05, 0.1) is 11.7 Å². The summed E-state index contributed by atoms with van der Waals surface area (Å²) in [6.07, 6.45) is 5.33. The minimum absolute atomic E-state index is 0.0361. The molecule has 2 saturated heterocycles. The highest BCUT2D eigenvalue weighted by atomic mass is 16.7. The van der Waals surface area contributed by atoms with Crippen LogP contribution in [0.1, 0.15) is 39.0 Å². The van der Waals surface area contributed by atoms with Crippen LogP contribution in [-0.4, -0.2) is 12.3 Å². The van der Waals surface area contributed by atoms with Crippen molar-refractivity contribution in [1.82, 2.24) is 0 Å². The molecular weight excluding hydrogens is 216 g/mol. The first-order valence-corrected chi connectivity index (χ1v) is 6.71. The molecule has 2 aliphatic heterocycles.